The van der Waals surface area contributed by atoms with E-state index in [2.05, 4.69) is 4.98 Å². The highest BCUT2D eigenvalue weighted by molar-refractivity contribution is 8.14. The van der Waals surface area contributed by atoms with Gasteiger partial charge in [0.1, 0.15) is 18.2 Å². The van der Waals surface area contributed by atoms with Crippen molar-refractivity contribution in [2.45, 2.75) is 18.9 Å². The first kappa shape index (κ1) is 21.1. The number of pyridine rings is 1. The average Bonchev–Trinajstić information content (AvgIpc) is 3.13. The van der Waals surface area contributed by atoms with E-state index in [0.29, 0.717) is 18.6 Å². The molecule has 0 radical (unpaired) electrons. The van der Waals surface area contributed by atoms with E-state index in [9.17, 15) is 14.0 Å². The molecule has 0 N–H and O–H groups in total. The molecular weight excluding hydrogens is 415 g/mol. The molecule has 2 heterocycles. The topological polar surface area (TPSA) is 59.5 Å². The maximum Gasteiger partial charge on any atom is 0.289 e. The first-order chi connectivity index (χ1) is 15.1. The fourth-order valence-corrected chi connectivity index (χ4v) is 4.26. The maximum absolute atomic E-state index is 13.5. The number of halogens is 1. The predicted octanol–water partition coefficient (Wildman–Crippen LogP) is 4.96. The standard InChI is InChI=1S/C24H21FN2O3S/c25-20-5-1-4-19(13-20)18-7-10-22(11-8-18)30-15-21(27-23(28)16-31-24(27)29)9-6-17-3-2-12-26-14-17/h1-5,7-8,10-14,21H,6,9,15-16H2. The highest BCUT2D eigenvalue weighted by atomic mass is 32.2. The second kappa shape index (κ2) is 9.75. The first-order valence-electron chi connectivity index (χ1n) is 9.96. The van der Waals surface area contributed by atoms with Gasteiger partial charge in [-0.15, -0.1) is 0 Å². The molecule has 158 valence electrons. The van der Waals surface area contributed by atoms with Gasteiger partial charge < -0.3 is 4.74 Å². The van der Waals surface area contributed by atoms with Crippen LogP contribution in [0.3, 0.4) is 0 Å². The van der Waals surface area contributed by atoms with Crippen molar-refractivity contribution >= 4 is 22.9 Å². The van der Waals surface area contributed by atoms with Gasteiger partial charge in [-0.05, 0) is 59.9 Å². The number of benzene rings is 2. The zero-order valence-electron chi connectivity index (χ0n) is 16.7. The molecule has 31 heavy (non-hydrogen) atoms. The minimum Gasteiger partial charge on any atom is -0.491 e. The molecule has 7 heteroatoms. The summed E-state index contributed by atoms with van der Waals surface area (Å²) in [5, 5.41) is -0.230. The van der Waals surface area contributed by atoms with Crippen LogP contribution in [0, 0.1) is 5.82 Å². The van der Waals surface area contributed by atoms with Gasteiger partial charge in [0.25, 0.3) is 5.24 Å². The Morgan fingerprint density at radius 1 is 1.06 bits per heavy atom. The Bertz CT molecular complexity index is 1040. The number of amides is 2. The Morgan fingerprint density at radius 2 is 1.90 bits per heavy atom. The van der Waals surface area contributed by atoms with E-state index in [1.165, 1.54) is 17.0 Å². The third-order valence-corrected chi connectivity index (χ3v) is 5.93. The van der Waals surface area contributed by atoms with E-state index in [-0.39, 0.29) is 35.4 Å². The van der Waals surface area contributed by atoms with Crippen molar-refractivity contribution in [3.8, 4) is 16.9 Å². The van der Waals surface area contributed by atoms with E-state index < -0.39 is 0 Å². The number of aryl methyl sites for hydroxylation is 1. The van der Waals surface area contributed by atoms with Crippen molar-refractivity contribution < 1.29 is 18.7 Å². The molecular formula is C24H21FN2O3S. The molecule has 5 nitrogen and oxygen atoms in total. The lowest BCUT2D eigenvalue weighted by molar-refractivity contribution is -0.126. The van der Waals surface area contributed by atoms with Gasteiger partial charge in [0.05, 0.1) is 11.8 Å². The van der Waals surface area contributed by atoms with E-state index in [0.717, 1.165) is 28.5 Å². The highest BCUT2D eigenvalue weighted by Gasteiger charge is 2.36. The number of hydrogen-bond acceptors (Lipinski definition) is 5. The predicted molar refractivity (Wildman–Crippen MR) is 118 cm³/mol. The van der Waals surface area contributed by atoms with Gasteiger partial charge in [0, 0.05) is 12.4 Å². The zero-order valence-corrected chi connectivity index (χ0v) is 17.6. The number of carbonyl (C=O) groups excluding carboxylic acids is 2. The van der Waals surface area contributed by atoms with Gasteiger partial charge in [0.15, 0.2) is 0 Å². The molecule has 0 bridgehead atoms. The fourth-order valence-electron chi connectivity index (χ4n) is 3.49. The molecule has 1 saturated heterocycles. The van der Waals surface area contributed by atoms with E-state index in [1.807, 2.05) is 30.3 Å². The van der Waals surface area contributed by atoms with Gasteiger partial charge in [-0.2, -0.15) is 0 Å². The largest absolute Gasteiger partial charge is 0.491 e. The van der Waals surface area contributed by atoms with E-state index in [1.54, 1.807) is 30.6 Å². The second-order valence-corrected chi connectivity index (χ2v) is 8.14. The van der Waals surface area contributed by atoms with E-state index >= 15 is 0 Å². The van der Waals surface area contributed by atoms with Crippen LogP contribution in [-0.2, 0) is 11.2 Å². The van der Waals surface area contributed by atoms with Crippen LogP contribution in [-0.4, -0.2) is 39.4 Å². The van der Waals surface area contributed by atoms with Crippen molar-refractivity contribution in [2.24, 2.45) is 0 Å². The summed E-state index contributed by atoms with van der Waals surface area (Å²) in [5.74, 6) is 0.325. The fraction of sp³-hybridized carbons (Fsp3) is 0.208. The van der Waals surface area contributed by atoms with Crippen molar-refractivity contribution in [2.75, 3.05) is 12.4 Å². The lowest BCUT2D eigenvalue weighted by atomic mass is 10.1. The molecule has 1 atom stereocenters. The van der Waals surface area contributed by atoms with E-state index in [4.69, 9.17) is 4.74 Å². The molecule has 2 aromatic carbocycles. The summed E-state index contributed by atoms with van der Waals surface area (Å²) >= 11 is 1.02. The van der Waals surface area contributed by atoms with Crippen LogP contribution in [0.4, 0.5) is 9.18 Å². The van der Waals surface area contributed by atoms with Crippen molar-refractivity contribution in [3.63, 3.8) is 0 Å². The Labute approximate surface area is 184 Å². The van der Waals surface area contributed by atoms with Crippen LogP contribution in [0.5, 0.6) is 5.75 Å². The van der Waals surface area contributed by atoms with Gasteiger partial charge in [-0.25, -0.2) is 4.39 Å². The lowest BCUT2D eigenvalue weighted by Crippen LogP contribution is -2.43. The Balaban J connectivity index is 1.44. The van der Waals surface area contributed by atoms with Crippen molar-refractivity contribution in [3.05, 3.63) is 84.4 Å². The van der Waals surface area contributed by atoms with Gasteiger partial charge in [0.2, 0.25) is 5.91 Å². The SMILES string of the molecule is O=C1CSC(=O)N1C(CCc1cccnc1)COc1ccc(-c2cccc(F)c2)cc1. The molecule has 0 saturated carbocycles. The molecule has 1 fully saturated rings. The number of hydrogen-bond donors (Lipinski definition) is 0. The quantitative estimate of drug-likeness (QED) is 0.499. The minimum absolute atomic E-state index is 0.171. The molecule has 1 aliphatic rings. The lowest BCUT2D eigenvalue weighted by Gasteiger charge is -2.25. The highest BCUT2D eigenvalue weighted by Crippen LogP contribution is 2.26. The summed E-state index contributed by atoms with van der Waals surface area (Å²) in [7, 11) is 0. The summed E-state index contributed by atoms with van der Waals surface area (Å²) in [4.78, 5) is 29.9. The number of rotatable bonds is 8. The normalized spacial score (nSPS) is 14.7. The number of carbonyl (C=O) groups is 2. The second-order valence-electron chi connectivity index (χ2n) is 7.22. The average molecular weight is 437 g/mol. The molecule has 3 aromatic rings. The summed E-state index contributed by atoms with van der Waals surface area (Å²) in [6, 6.07) is 17.2. The third-order valence-electron chi connectivity index (χ3n) is 5.09. The van der Waals surface area contributed by atoms with Crippen LogP contribution >= 0.6 is 11.8 Å². The number of aromatic nitrogens is 1. The van der Waals surface area contributed by atoms with Crippen LogP contribution < -0.4 is 4.74 Å². The maximum atomic E-state index is 13.5. The smallest absolute Gasteiger partial charge is 0.289 e. The number of thioether (sulfide) groups is 1. The van der Waals surface area contributed by atoms with Gasteiger partial charge in [-0.3, -0.25) is 19.5 Å². The summed E-state index contributed by atoms with van der Waals surface area (Å²) in [5.41, 5.74) is 2.70. The molecule has 2 amide bonds. The molecule has 1 aromatic heterocycles. The van der Waals surface area contributed by atoms with Gasteiger partial charge in [-0.1, -0.05) is 42.1 Å². The number of imide groups is 1. The van der Waals surface area contributed by atoms with Crippen LogP contribution in [0.1, 0.15) is 12.0 Å². The first-order valence-corrected chi connectivity index (χ1v) is 11.0. The number of nitrogens with zero attached hydrogens (tertiary/aromatic N) is 2. The van der Waals surface area contributed by atoms with Crippen molar-refractivity contribution in [1.82, 2.24) is 9.88 Å². The Kier molecular flexibility index (Phi) is 6.62. The summed E-state index contributed by atoms with van der Waals surface area (Å²) in [6.07, 6.45) is 4.76. The monoisotopic (exact) mass is 436 g/mol. The summed E-state index contributed by atoms with van der Waals surface area (Å²) < 4.78 is 19.4. The van der Waals surface area contributed by atoms with Crippen LogP contribution in [0.2, 0.25) is 0 Å². The molecule has 1 aliphatic heterocycles. The summed E-state index contributed by atoms with van der Waals surface area (Å²) in [6.45, 7) is 0.206. The Morgan fingerprint density at radius 3 is 2.58 bits per heavy atom. The van der Waals surface area contributed by atoms with Crippen molar-refractivity contribution in [1.29, 1.82) is 0 Å². The molecule has 0 spiro atoms. The molecule has 4 rings (SSSR count). The minimum atomic E-state index is -0.363. The van der Waals surface area contributed by atoms with Crippen LogP contribution in [0.25, 0.3) is 11.1 Å². The number of ether oxygens (including phenoxy) is 1. The molecule has 1 unspecified atom stereocenters. The zero-order chi connectivity index (χ0) is 21.6. The Hall–Kier alpha value is -3.19. The molecule has 0 aliphatic carbocycles. The van der Waals surface area contributed by atoms with Crippen LogP contribution in [0.15, 0.2) is 73.1 Å². The third kappa shape index (κ3) is 5.30. The van der Waals surface area contributed by atoms with Gasteiger partial charge >= 0.3 is 0 Å².